The van der Waals surface area contributed by atoms with E-state index in [1.807, 2.05) is 0 Å². The Morgan fingerprint density at radius 2 is 0.891 bits per heavy atom. The van der Waals surface area contributed by atoms with Crippen LogP contribution in [0.1, 0.15) is 253 Å². The van der Waals surface area contributed by atoms with Gasteiger partial charge in [-0.25, -0.2) is 0 Å². The summed E-state index contributed by atoms with van der Waals surface area (Å²) in [5.74, 6) is 0.531. The molecule has 55 heavy (non-hydrogen) atoms. The predicted octanol–water partition coefficient (Wildman–Crippen LogP) is 14.3. The smallest absolute Gasteiger partial charge is 0.305 e. The number of unbranched alkanes of at least 4 members (excludes halogenated alkanes) is 21. The van der Waals surface area contributed by atoms with Gasteiger partial charge in [-0.15, -0.1) is 0 Å². The third-order valence-electron chi connectivity index (χ3n) is 11.7. The van der Waals surface area contributed by atoms with Crippen molar-refractivity contribution in [2.45, 2.75) is 253 Å². The van der Waals surface area contributed by atoms with E-state index in [1.165, 1.54) is 154 Å². The van der Waals surface area contributed by atoms with Crippen LogP contribution in [0.2, 0.25) is 0 Å². The van der Waals surface area contributed by atoms with Gasteiger partial charge < -0.3 is 19.5 Å². The average Bonchev–Trinajstić information content (AvgIpc) is 3.16. The fraction of sp³-hybridized carbons (Fsp3) is 0.959. The van der Waals surface area contributed by atoms with Crippen LogP contribution in [-0.2, 0) is 19.1 Å². The first kappa shape index (κ1) is 53.9. The van der Waals surface area contributed by atoms with Gasteiger partial charge in [0.15, 0.2) is 0 Å². The van der Waals surface area contributed by atoms with Crippen molar-refractivity contribution in [2.24, 2.45) is 11.3 Å². The molecule has 0 amide bonds. The van der Waals surface area contributed by atoms with Gasteiger partial charge in [0.1, 0.15) is 0 Å². The Bertz CT molecular complexity index is 803. The molecule has 6 heteroatoms. The number of rotatable bonds is 44. The highest BCUT2D eigenvalue weighted by Crippen LogP contribution is 2.28. The lowest BCUT2D eigenvalue weighted by Gasteiger charge is -2.27. The third-order valence-corrected chi connectivity index (χ3v) is 11.7. The quantitative estimate of drug-likeness (QED) is 0.0490. The fourth-order valence-electron chi connectivity index (χ4n) is 7.88. The Labute approximate surface area is 343 Å². The summed E-state index contributed by atoms with van der Waals surface area (Å²) in [5, 5.41) is 9.33. The number of hydrogen-bond donors (Lipinski definition) is 1. The molecule has 0 aliphatic heterocycles. The van der Waals surface area contributed by atoms with Gasteiger partial charge in [0, 0.05) is 19.4 Å². The van der Waals surface area contributed by atoms with Crippen molar-refractivity contribution >= 4 is 11.9 Å². The zero-order valence-corrected chi connectivity index (χ0v) is 37.9. The largest absolute Gasteiger partial charge is 0.466 e. The molecule has 0 fully saturated rings. The number of ether oxygens (including phenoxy) is 2. The molecule has 328 valence electrons. The number of aliphatic hydroxyl groups excluding tert-OH is 1. The van der Waals surface area contributed by atoms with E-state index in [0.29, 0.717) is 32.0 Å². The molecule has 0 spiro atoms. The highest BCUT2D eigenvalue weighted by atomic mass is 16.5. The Morgan fingerprint density at radius 3 is 1.40 bits per heavy atom. The van der Waals surface area contributed by atoms with Crippen molar-refractivity contribution in [3.8, 4) is 0 Å². The second-order valence-electron chi connectivity index (χ2n) is 17.9. The summed E-state index contributed by atoms with van der Waals surface area (Å²) in [7, 11) is 0. The van der Waals surface area contributed by atoms with Crippen LogP contribution < -0.4 is 0 Å². The molecule has 0 radical (unpaired) electrons. The van der Waals surface area contributed by atoms with Crippen LogP contribution in [-0.4, -0.2) is 61.4 Å². The summed E-state index contributed by atoms with van der Waals surface area (Å²) in [5.41, 5.74) is 0.247. The Hall–Kier alpha value is -1.14. The van der Waals surface area contributed by atoms with Gasteiger partial charge in [-0.1, -0.05) is 169 Å². The maximum Gasteiger partial charge on any atom is 0.305 e. The fourth-order valence-corrected chi connectivity index (χ4v) is 7.88. The highest BCUT2D eigenvalue weighted by molar-refractivity contribution is 5.69. The zero-order chi connectivity index (χ0) is 40.5. The van der Waals surface area contributed by atoms with E-state index in [9.17, 15) is 14.7 Å². The van der Waals surface area contributed by atoms with Crippen LogP contribution in [0.3, 0.4) is 0 Å². The molecule has 0 aromatic heterocycles. The first-order chi connectivity index (χ1) is 26.8. The molecule has 0 aromatic carbocycles. The SMILES string of the molecule is CCCCCCCCCCC(=O)OCCCC(C)(C)CCCN(CCCCO)CCCCCCCCC(=O)OCC(CCCCCCC)CCCCCCC. The summed E-state index contributed by atoms with van der Waals surface area (Å²) >= 11 is 0. The molecule has 0 rings (SSSR count). The van der Waals surface area contributed by atoms with E-state index in [2.05, 4.69) is 39.5 Å². The molecule has 0 bridgehead atoms. The summed E-state index contributed by atoms with van der Waals surface area (Å²) < 4.78 is 11.4. The van der Waals surface area contributed by atoms with Gasteiger partial charge in [-0.2, -0.15) is 0 Å². The van der Waals surface area contributed by atoms with Gasteiger partial charge in [0.2, 0.25) is 0 Å². The normalized spacial score (nSPS) is 11.9. The van der Waals surface area contributed by atoms with Crippen molar-refractivity contribution in [1.82, 2.24) is 4.90 Å². The monoisotopic (exact) mass is 780 g/mol. The third kappa shape index (κ3) is 39.5. The Morgan fingerprint density at radius 1 is 0.491 bits per heavy atom. The predicted molar refractivity (Wildman–Crippen MR) is 237 cm³/mol. The van der Waals surface area contributed by atoms with Crippen molar-refractivity contribution < 1.29 is 24.2 Å². The molecule has 6 nitrogen and oxygen atoms in total. The lowest BCUT2D eigenvalue weighted by atomic mass is 9.83. The van der Waals surface area contributed by atoms with Crippen LogP contribution >= 0.6 is 0 Å². The molecule has 0 atom stereocenters. The molecule has 0 aliphatic carbocycles. The molecule has 0 saturated heterocycles. The van der Waals surface area contributed by atoms with Crippen molar-refractivity contribution in [3.63, 3.8) is 0 Å². The van der Waals surface area contributed by atoms with E-state index < -0.39 is 0 Å². The van der Waals surface area contributed by atoms with E-state index >= 15 is 0 Å². The summed E-state index contributed by atoms with van der Waals surface area (Å²) in [4.78, 5) is 27.3. The van der Waals surface area contributed by atoms with E-state index in [-0.39, 0.29) is 24.0 Å². The number of carbonyl (C=O) groups is 2. The van der Waals surface area contributed by atoms with Gasteiger partial charge in [-0.3, -0.25) is 9.59 Å². The number of hydrogen-bond acceptors (Lipinski definition) is 6. The lowest BCUT2D eigenvalue weighted by molar-refractivity contribution is -0.145. The van der Waals surface area contributed by atoms with Gasteiger partial charge in [0.25, 0.3) is 0 Å². The van der Waals surface area contributed by atoms with Crippen molar-refractivity contribution in [1.29, 1.82) is 0 Å². The molecule has 1 N–H and O–H groups in total. The van der Waals surface area contributed by atoms with E-state index in [4.69, 9.17) is 9.47 Å². The zero-order valence-electron chi connectivity index (χ0n) is 37.9. The molecule has 0 saturated carbocycles. The van der Waals surface area contributed by atoms with Crippen LogP contribution in [0, 0.1) is 11.3 Å². The second kappa shape index (κ2) is 41.0. The first-order valence-corrected chi connectivity index (χ1v) is 24.4. The highest BCUT2D eigenvalue weighted by Gasteiger charge is 2.18. The number of carbonyl (C=O) groups excluding carboxylic acids is 2. The number of esters is 2. The minimum Gasteiger partial charge on any atom is -0.466 e. The molecule has 0 heterocycles. The average molecular weight is 780 g/mol. The first-order valence-electron chi connectivity index (χ1n) is 24.4. The minimum absolute atomic E-state index is 0.0106. The van der Waals surface area contributed by atoms with Crippen LogP contribution in [0.5, 0.6) is 0 Å². The summed E-state index contributed by atoms with van der Waals surface area (Å²) in [6.45, 7) is 16.3. The van der Waals surface area contributed by atoms with Crippen LogP contribution in [0.15, 0.2) is 0 Å². The lowest BCUT2D eigenvalue weighted by Crippen LogP contribution is -2.28. The van der Waals surface area contributed by atoms with Gasteiger partial charge in [-0.05, 0) is 102 Å². The number of aliphatic hydroxyl groups is 1. The van der Waals surface area contributed by atoms with Gasteiger partial charge in [0.05, 0.1) is 13.2 Å². The molecular weight excluding hydrogens is 683 g/mol. The molecule has 0 aromatic rings. The standard InChI is InChI=1S/C49H97NO5/c1-6-9-12-15-16-17-22-27-36-47(52)54-44-33-39-49(4,5)38-32-42-50(41-30-31-43-51)40-29-24-19-18-23-28-37-48(53)55-45-46(34-25-20-13-10-7-2)35-26-21-14-11-8-3/h46,51H,6-45H2,1-5H3. The van der Waals surface area contributed by atoms with E-state index in [1.54, 1.807) is 0 Å². The minimum atomic E-state index is -0.0204. The summed E-state index contributed by atoms with van der Waals surface area (Å²) in [6.07, 6.45) is 39.9. The Balaban J connectivity index is 4.16. The summed E-state index contributed by atoms with van der Waals surface area (Å²) in [6, 6.07) is 0. The maximum atomic E-state index is 12.5. The van der Waals surface area contributed by atoms with Crippen molar-refractivity contribution in [2.75, 3.05) is 39.5 Å². The maximum absolute atomic E-state index is 12.5. The van der Waals surface area contributed by atoms with Crippen LogP contribution in [0.4, 0.5) is 0 Å². The van der Waals surface area contributed by atoms with Crippen molar-refractivity contribution in [3.05, 3.63) is 0 Å². The van der Waals surface area contributed by atoms with E-state index in [0.717, 1.165) is 71.0 Å². The second-order valence-corrected chi connectivity index (χ2v) is 17.9. The van der Waals surface area contributed by atoms with Gasteiger partial charge >= 0.3 is 11.9 Å². The molecular formula is C49H97NO5. The Kier molecular flexibility index (Phi) is 40.2. The van der Waals surface area contributed by atoms with Crippen LogP contribution in [0.25, 0.3) is 0 Å². The molecule has 0 unspecified atom stereocenters. The molecule has 0 aliphatic rings. The topological polar surface area (TPSA) is 76.1 Å². The number of nitrogens with zero attached hydrogens (tertiary/aromatic N) is 1.